The number of nitrogens with zero attached hydrogens (tertiary/aromatic N) is 1. The zero-order valence-corrected chi connectivity index (χ0v) is 11.9. The molecule has 6 heteroatoms. The van der Waals surface area contributed by atoms with E-state index in [-0.39, 0.29) is 5.69 Å². The first-order chi connectivity index (χ1) is 9.97. The fourth-order valence-corrected chi connectivity index (χ4v) is 1.98. The monoisotopic (exact) mass is 285 g/mol. The summed E-state index contributed by atoms with van der Waals surface area (Å²) in [6.45, 7) is 2.09. The van der Waals surface area contributed by atoms with Gasteiger partial charge in [-0.2, -0.15) is 0 Å². The average molecular weight is 285 g/mol. The Morgan fingerprint density at radius 2 is 1.95 bits per heavy atom. The third-order valence-electron chi connectivity index (χ3n) is 3.23. The Morgan fingerprint density at radius 1 is 1.29 bits per heavy atom. The van der Waals surface area contributed by atoms with E-state index in [1.54, 1.807) is 26.9 Å². The van der Waals surface area contributed by atoms with Crippen LogP contribution in [0.1, 0.15) is 24.2 Å². The SMILES string of the molecule is Bc1cc(OCc2ccc(C(C)O)cc2)ccc1[N+](=O)[O-]. The Morgan fingerprint density at radius 3 is 2.48 bits per heavy atom. The first kappa shape index (κ1) is 15.1. The van der Waals surface area contributed by atoms with Gasteiger partial charge in [-0.05, 0) is 35.6 Å². The molecular formula is C15H16BNO4. The highest BCUT2D eigenvalue weighted by atomic mass is 16.6. The molecule has 0 aromatic heterocycles. The number of aliphatic hydroxyl groups is 1. The molecule has 0 aliphatic carbocycles. The van der Waals surface area contributed by atoms with E-state index >= 15 is 0 Å². The second kappa shape index (κ2) is 6.41. The summed E-state index contributed by atoms with van der Waals surface area (Å²) < 4.78 is 5.62. The standard InChI is InChI=1S/C15H16BNO4/c1-10(18)12-4-2-11(3-5-12)9-21-13-6-7-15(17(19)20)14(16)8-13/h2-8,10,18H,9,16H2,1H3. The lowest BCUT2D eigenvalue weighted by atomic mass is 9.94. The largest absolute Gasteiger partial charge is 0.489 e. The van der Waals surface area contributed by atoms with Gasteiger partial charge in [0.1, 0.15) is 20.2 Å². The quantitative estimate of drug-likeness (QED) is 0.513. The first-order valence-electron chi connectivity index (χ1n) is 6.62. The highest BCUT2D eigenvalue weighted by Gasteiger charge is 2.10. The molecule has 0 fully saturated rings. The van der Waals surface area contributed by atoms with Crippen LogP contribution in [-0.2, 0) is 6.61 Å². The van der Waals surface area contributed by atoms with Crippen molar-refractivity contribution in [3.05, 3.63) is 63.7 Å². The zero-order valence-electron chi connectivity index (χ0n) is 11.9. The van der Waals surface area contributed by atoms with Crippen molar-refractivity contribution in [1.29, 1.82) is 0 Å². The van der Waals surface area contributed by atoms with Crippen LogP contribution < -0.4 is 10.2 Å². The second-order valence-corrected chi connectivity index (χ2v) is 4.91. The van der Waals surface area contributed by atoms with Crippen LogP contribution in [0.2, 0.25) is 0 Å². The Bertz CT molecular complexity index is 641. The molecule has 0 amide bonds. The van der Waals surface area contributed by atoms with Gasteiger partial charge in [-0.25, -0.2) is 0 Å². The van der Waals surface area contributed by atoms with Crippen molar-refractivity contribution in [3.63, 3.8) is 0 Å². The van der Waals surface area contributed by atoms with Crippen molar-refractivity contribution in [3.8, 4) is 5.75 Å². The van der Waals surface area contributed by atoms with Crippen molar-refractivity contribution in [2.45, 2.75) is 19.6 Å². The fourth-order valence-electron chi connectivity index (χ4n) is 1.98. The lowest BCUT2D eigenvalue weighted by molar-refractivity contribution is -0.383. The minimum absolute atomic E-state index is 0.0867. The molecule has 21 heavy (non-hydrogen) atoms. The summed E-state index contributed by atoms with van der Waals surface area (Å²) in [6, 6.07) is 12.2. The Kier molecular flexibility index (Phi) is 4.60. The number of hydrogen-bond acceptors (Lipinski definition) is 4. The van der Waals surface area contributed by atoms with Crippen LogP contribution in [0, 0.1) is 10.1 Å². The molecule has 0 saturated heterocycles. The van der Waals surface area contributed by atoms with E-state index in [0.717, 1.165) is 11.1 Å². The number of rotatable bonds is 5. The van der Waals surface area contributed by atoms with Gasteiger partial charge in [-0.15, -0.1) is 0 Å². The van der Waals surface area contributed by atoms with Crippen molar-refractivity contribution in [2.75, 3.05) is 0 Å². The molecule has 0 aliphatic rings. The minimum Gasteiger partial charge on any atom is -0.489 e. The predicted molar refractivity (Wildman–Crippen MR) is 82.7 cm³/mol. The first-order valence-corrected chi connectivity index (χ1v) is 6.62. The van der Waals surface area contributed by atoms with Gasteiger partial charge in [0, 0.05) is 6.07 Å². The molecule has 0 spiro atoms. The van der Waals surface area contributed by atoms with E-state index in [4.69, 9.17) is 4.74 Å². The van der Waals surface area contributed by atoms with E-state index in [9.17, 15) is 15.2 Å². The van der Waals surface area contributed by atoms with Gasteiger partial charge in [0.15, 0.2) is 0 Å². The number of hydrogen-bond donors (Lipinski definition) is 1. The van der Waals surface area contributed by atoms with Crippen LogP contribution >= 0.6 is 0 Å². The second-order valence-electron chi connectivity index (χ2n) is 4.91. The van der Waals surface area contributed by atoms with Gasteiger partial charge >= 0.3 is 0 Å². The van der Waals surface area contributed by atoms with Gasteiger partial charge < -0.3 is 9.84 Å². The molecule has 0 bridgehead atoms. The summed E-state index contributed by atoms with van der Waals surface area (Å²) in [4.78, 5) is 10.3. The molecule has 1 atom stereocenters. The van der Waals surface area contributed by atoms with Crippen molar-refractivity contribution >= 4 is 19.0 Å². The molecule has 0 radical (unpaired) electrons. The van der Waals surface area contributed by atoms with Crippen LogP contribution in [0.15, 0.2) is 42.5 Å². The molecule has 2 aromatic carbocycles. The number of benzene rings is 2. The Hall–Kier alpha value is -2.34. The summed E-state index contributed by atoms with van der Waals surface area (Å²) in [7, 11) is 1.68. The van der Waals surface area contributed by atoms with Crippen LogP contribution in [0.25, 0.3) is 0 Å². The van der Waals surface area contributed by atoms with Gasteiger partial charge in [0.25, 0.3) is 5.69 Å². The Labute approximate surface area is 123 Å². The summed E-state index contributed by atoms with van der Waals surface area (Å²) in [5, 5.41) is 20.2. The van der Waals surface area contributed by atoms with Gasteiger partial charge in [-0.1, -0.05) is 24.3 Å². The third kappa shape index (κ3) is 3.82. The zero-order chi connectivity index (χ0) is 15.4. The van der Waals surface area contributed by atoms with Crippen LogP contribution in [-0.4, -0.2) is 17.9 Å². The molecule has 1 N–H and O–H groups in total. The van der Waals surface area contributed by atoms with Gasteiger partial charge in [0.2, 0.25) is 0 Å². The summed E-state index contributed by atoms with van der Waals surface area (Å²) in [5.74, 6) is 0.595. The van der Waals surface area contributed by atoms with E-state index in [1.165, 1.54) is 6.07 Å². The normalized spacial score (nSPS) is 11.9. The Balaban J connectivity index is 2.03. The summed E-state index contributed by atoms with van der Waals surface area (Å²) >= 11 is 0. The topological polar surface area (TPSA) is 72.6 Å². The molecular weight excluding hydrogens is 269 g/mol. The predicted octanol–water partition coefficient (Wildman–Crippen LogP) is 1.49. The van der Waals surface area contributed by atoms with Crippen molar-refractivity contribution in [1.82, 2.24) is 0 Å². The highest BCUT2D eigenvalue weighted by molar-refractivity contribution is 6.35. The van der Waals surface area contributed by atoms with Gasteiger partial charge in [0.05, 0.1) is 11.0 Å². The maximum atomic E-state index is 10.7. The third-order valence-corrected chi connectivity index (χ3v) is 3.23. The van der Waals surface area contributed by atoms with Crippen molar-refractivity contribution < 1.29 is 14.8 Å². The molecule has 2 aromatic rings. The van der Waals surface area contributed by atoms with Crippen LogP contribution in [0.3, 0.4) is 0 Å². The fraction of sp³-hybridized carbons (Fsp3) is 0.200. The van der Waals surface area contributed by atoms with E-state index < -0.39 is 11.0 Å². The van der Waals surface area contributed by atoms with E-state index in [0.29, 0.717) is 17.8 Å². The average Bonchev–Trinajstić information content (AvgIpc) is 2.45. The molecule has 0 saturated carbocycles. The van der Waals surface area contributed by atoms with Gasteiger partial charge in [-0.3, -0.25) is 10.1 Å². The molecule has 1 unspecified atom stereocenters. The lowest BCUT2D eigenvalue weighted by Crippen LogP contribution is -2.10. The van der Waals surface area contributed by atoms with Crippen molar-refractivity contribution in [2.24, 2.45) is 0 Å². The molecule has 0 aliphatic heterocycles. The molecule has 0 heterocycles. The number of ether oxygens (including phenoxy) is 1. The van der Waals surface area contributed by atoms with Crippen LogP contribution in [0.5, 0.6) is 5.75 Å². The summed E-state index contributed by atoms with van der Waals surface area (Å²) in [6.07, 6.45) is -0.489. The van der Waals surface area contributed by atoms with Crippen LogP contribution in [0.4, 0.5) is 5.69 Å². The summed E-state index contributed by atoms with van der Waals surface area (Å²) in [5.41, 5.74) is 2.48. The maximum Gasteiger partial charge on any atom is 0.263 e. The molecule has 108 valence electrons. The highest BCUT2D eigenvalue weighted by Crippen LogP contribution is 2.17. The number of nitro benzene ring substituents is 1. The number of aliphatic hydroxyl groups excluding tert-OH is 1. The van der Waals surface area contributed by atoms with E-state index in [2.05, 4.69) is 0 Å². The minimum atomic E-state index is -0.489. The number of nitro groups is 1. The smallest absolute Gasteiger partial charge is 0.263 e. The van der Waals surface area contributed by atoms with E-state index in [1.807, 2.05) is 24.3 Å². The maximum absolute atomic E-state index is 10.7. The lowest BCUT2D eigenvalue weighted by Gasteiger charge is -2.09. The molecule has 5 nitrogen and oxygen atoms in total. The molecule has 2 rings (SSSR count).